The highest BCUT2D eigenvalue weighted by Crippen LogP contribution is 2.04. The first kappa shape index (κ1) is 9.51. The van der Waals surface area contributed by atoms with E-state index in [1.165, 1.54) is 0 Å². The van der Waals surface area contributed by atoms with Gasteiger partial charge in [-0.1, -0.05) is 11.6 Å². The van der Waals surface area contributed by atoms with Gasteiger partial charge in [0.15, 0.2) is 0 Å². The van der Waals surface area contributed by atoms with Gasteiger partial charge < -0.3 is 10.4 Å². The van der Waals surface area contributed by atoms with Crippen LogP contribution in [0.2, 0.25) is 5.02 Å². The lowest BCUT2D eigenvalue weighted by Gasteiger charge is -2.08. The molecule has 0 radical (unpaired) electrons. The molecule has 0 aliphatic carbocycles. The lowest BCUT2D eigenvalue weighted by atomic mass is 10.3. The van der Waals surface area contributed by atoms with Crippen molar-refractivity contribution in [1.82, 2.24) is 15.1 Å². The molecule has 0 fully saturated rings. The summed E-state index contributed by atoms with van der Waals surface area (Å²) >= 11 is 5.64. The molecule has 68 valence electrons. The Morgan fingerprint density at radius 3 is 3.08 bits per heavy atom. The van der Waals surface area contributed by atoms with Gasteiger partial charge in [-0.05, 0) is 7.05 Å². The van der Waals surface area contributed by atoms with Gasteiger partial charge >= 0.3 is 0 Å². The minimum Gasteiger partial charge on any atom is -0.390 e. The van der Waals surface area contributed by atoms with Gasteiger partial charge in [0.1, 0.15) is 0 Å². The van der Waals surface area contributed by atoms with Crippen LogP contribution in [0.3, 0.4) is 0 Å². The van der Waals surface area contributed by atoms with Gasteiger partial charge in [-0.25, -0.2) is 0 Å². The maximum Gasteiger partial charge on any atom is 0.0860 e. The Bertz CT molecular complexity index is 238. The van der Waals surface area contributed by atoms with Gasteiger partial charge in [-0.2, -0.15) is 5.10 Å². The van der Waals surface area contributed by atoms with Crippen molar-refractivity contribution in [2.24, 2.45) is 0 Å². The van der Waals surface area contributed by atoms with E-state index in [9.17, 15) is 5.11 Å². The van der Waals surface area contributed by atoms with Gasteiger partial charge in [0.25, 0.3) is 0 Å². The van der Waals surface area contributed by atoms with E-state index in [4.69, 9.17) is 11.6 Å². The zero-order chi connectivity index (χ0) is 8.97. The normalized spacial score (nSPS) is 13.2. The molecule has 0 saturated carbocycles. The van der Waals surface area contributed by atoms with Crippen LogP contribution in [0.25, 0.3) is 0 Å². The molecule has 1 atom stereocenters. The molecule has 1 rings (SSSR count). The molecule has 12 heavy (non-hydrogen) atoms. The third kappa shape index (κ3) is 2.81. The van der Waals surface area contributed by atoms with E-state index in [2.05, 4.69) is 10.4 Å². The number of hydrogen-bond acceptors (Lipinski definition) is 3. The topological polar surface area (TPSA) is 50.1 Å². The number of likely N-dealkylation sites (N-methyl/N-ethyl adjacent to an activating group) is 1. The second-order valence-electron chi connectivity index (χ2n) is 2.59. The predicted molar refractivity (Wildman–Crippen MR) is 47.2 cm³/mol. The van der Waals surface area contributed by atoms with Crippen molar-refractivity contribution < 1.29 is 5.11 Å². The number of nitrogens with zero attached hydrogens (tertiary/aromatic N) is 2. The fraction of sp³-hybridized carbons (Fsp3) is 0.571. The molecule has 1 aromatic rings. The van der Waals surface area contributed by atoms with Crippen LogP contribution < -0.4 is 5.32 Å². The lowest BCUT2D eigenvalue weighted by molar-refractivity contribution is 0.149. The highest BCUT2D eigenvalue weighted by atomic mass is 35.5. The Morgan fingerprint density at radius 2 is 2.58 bits per heavy atom. The Labute approximate surface area is 76.1 Å². The van der Waals surface area contributed by atoms with Gasteiger partial charge in [0.05, 0.1) is 23.9 Å². The van der Waals surface area contributed by atoms with E-state index in [-0.39, 0.29) is 0 Å². The highest BCUT2D eigenvalue weighted by molar-refractivity contribution is 6.30. The number of nitrogens with one attached hydrogen (secondary N) is 1. The summed E-state index contributed by atoms with van der Waals surface area (Å²) in [5.41, 5.74) is 0. The van der Waals surface area contributed by atoms with Crippen molar-refractivity contribution in [3.63, 3.8) is 0 Å². The van der Waals surface area contributed by atoms with E-state index in [1.54, 1.807) is 24.1 Å². The van der Waals surface area contributed by atoms with Crippen LogP contribution in [0.5, 0.6) is 0 Å². The maximum absolute atomic E-state index is 9.35. The van der Waals surface area contributed by atoms with Crippen LogP contribution in [0.4, 0.5) is 0 Å². The molecule has 5 heteroatoms. The standard InChI is InChI=1S/C7H12ClN3O/c1-9-3-7(12)5-11-4-6(8)2-10-11/h2,4,7,9,12H,3,5H2,1H3. The molecule has 0 spiro atoms. The van der Waals surface area contributed by atoms with Crippen molar-refractivity contribution in [3.8, 4) is 0 Å². The summed E-state index contributed by atoms with van der Waals surface area (Å²) < 4.78 is 1.62. The van der Waals surface area contributed by atoms with E-state index in [0.29, 0.717) is 18.1 Å². The molecule has 1 unspecified atom stereocenters. The summed E-state index contributed by atoms with van der Waals surface area (Å²) in [4.78, 5) is 0. The molecule has 0 bridgehead atoms. The molecular formula is C7H12ClN3O. The average Bonchev–Trinajstić information content (AvgIpc) is 2.36. The van der Waals surface area contributed by atoms with Crippen LogP contribution in [0.15, 0.2) is 12.4 Å². The molecule has 2 N–H and O–H groups in total. The maximum atomic E-state index is 9.35. The number of halogens is 1. The Balaban J connectivity index is 2.41. The van der Waals surface area contributed by atoms with Gasteiger partial charge in [0.2, 0.25) is 0 Å². The second-order valence-corrected chi connectivity index (χ2v) is 3.03. The van der Waals surface area contributed by atoms with Crippen LogP contribution in [0.1, 0.15) is 0 Å². The summed E-state index contributed by atoms with van der Waals surface area (Å²) in [6, 6.07) is 0. The van der Waals surface area contributed by atoms with Crippen LogP contribution in [-0.4, -0.2) is 34.6 Å². The number of hydrogen-bond donors (Lipinski definition) is 2. The summed E-state index contributed by atoms with van der Waals surface area (Å²) in [7, 11) is 1.79. The summed E-state index contributed by atoms with van der Waals surface area (Å²) in [5, 5.41) is 16.7. The van der Waals surface area contributed by atoms with Crippen LogP contribution in [0, 0.1) is 0 Å². The molecule has 0 aliphatic rings. The molecule has 0 amide bonds. The molecule has 1 heterocycles. The molecule has 4 nitrogen and oxygen atoms in total. The van der Waals surface area contributed by atoms with Gasteiger partial charge in [-0.3, -0.25) is 4.68 Å². The van der Waals surface area contributed by atoms with Crippen LogP contribution in [-0.2, 0) is 6.54 Å². The average molecular weight is 190 g/mol. The van der Waals surface area contributed by atoms with Crippen molar-refractivity contribution in [3.05, 3.63) is 17.4 Å². The second kappa shape index (κ2) is 4.45. The van der Waals surface area contributed by atoms with Crippen molar-refractivity contribution in [2.75, 3.05) is 13.6 Å². The molecular weight excluding hydrogens is 178 g/mol. The number of rotatable bonds is 4. The lowest BCUT2D eigenvalue weighted by Crippen LogP contribution is -2.27. The number of aliphatic hydroxyl groups excluding tert-OH is 1. The van der Waals surface area contributed by atoms with Crippen LogP contribution >= 0.6 is 11.6 Å². The smallest absolute Gasteiger partial charge is 0.0860 e. The first-order valence-corrected chi connectivity index (χ1v) is 4.11. The summed E-state index contributed by atoms with van der Waals surface area (Å²) in [6.07, 6.45) is 2.81. The largest absolute Gasteiger partial charge is 0.390 e. The molecule has 0 aliphatic heterocycles. The SMILES string of the molecule is CNCC(O)Cn1cc(Cl)cn1. The van der Waals surface area contributed by atoms with Crippen molar-refractivity contribution in [1.29, 1.82) is 0 Å². The zero-order valence-electron chi connectivity index (χ0n) is 6.87. The molecule has 1 aromatic heterocycles. The van der Waals surface area contributed by atoms with E-state index in [1.807, 2.05) is 0 Å². The fourth-order valence-electron chi connectivity index (χ4n) is 0.954. The van der Waals surface area contributed by atoms with Crippen molar-refractivity contribution in [2.45, 2.75) is 12.6 Å². The summed E-state index contributed by atoms with van der Waals surface area (Å²) in [6.45, 7) is 1.02. The molecule has 0 aromatic carbocycles. The minimum atomic E-state index is -0.425. The first-order valence-electron chi connectivity index (χ1n) is 3.73. The monoisotopic (exact) mass is 189 g/mol. The van der Waals surface area contributed by atoms with Crippen molar-refractivity contribution >= 4 is 11.6 Å². The van der Waals surface area contributed by atoms with E-state index in [0.717, 1.165) is 0 Å². The van der Waals surface area contributed by atoms with E-state index >= 15 is 0 Å². The predicted octanol–water partition coefficient (Wildman–Crippen LogP) is 0.117. The minimum absolute atomic E-state index is 0.425. The van der Waals surface area contributed by atoms with Gasteiger partial charge in [-0.15, -0.1) is 0 Å². The van der Waals surface area contributed by atoms with Gasteiger partial charge in [0, 0.05) is 12.7 Å². The first-order chi connectivity index (χ1) is 5.72. The zero-order valence-corrected chi connectivity index (χ0v) is 7.62. The Kier molecular flexibility index (Phi) is 3.52. The molecule has 0 saturated heterocycles. The quantitative estimate of drug-likeness (QED) is 0.708. The van der Waals surface area contributed by atoms with E-state index < -0.39 is 6.10 Å². The Morgan fingerprint density at radius 1 is 1.83 bits per heavy atom. The third-order valence-electron chi connectivity index (χ3n) is 1.44. The third-order valence-corrected chi connectivity index (χ3v) is 1.63. The highest BCUT2D eigenvalue weighted by Gasteiger charge is 2.03. The number of aromatic nitrogens is 2. The Hall–Kier alpha value is -0.580. The fourth-order valence-corrected chi connectivity index (χ4v) is 1.11. The number of aliphatic hydroxyl groups is 1. The summed E-state index contributed by atoms with van der Waals surface area (Å²) in [5.74, 6) is 0.